The molecule has 5 aromatic heterocycles. The van der Waals surface area contributed by atoms with Crippen LogP contribution in [0.4, 0.5) is 0 Å². The van der Waals surface area contributed by atoms with Crippen molar-refractivity contribution in [2.75, 3.05) is 0 Å². The van der Waals surface area contributed by atoms with Gasteiger partial charge < -0.3 is 20.4 Å². The van der Waals surface area contributed by atoms with Crippen molar-refractivity contribution < 1.29 is 20.4 Å². The molecule has 0 aliphatic rings. The highest BCUT2D eigenvalue weighted by Crippen LogP contribution is 2.47. The molecule has 9 rings (SSSR count). The van der Waals surface area contributed by atoms with Gasteiger partial charge in [-0.1, -0.05) is 0 Å². The summed E-state index contributed by atoms with van der Waals surface area (Å²) in [5.74, 6) is 0.873. The zero-order valence-electron chi connectivity index (χ0n) is 28.2. The van der Waals surface area contributed by atoms with Crippen LogP contribution < -0.4 is 0 Å². The van der Waals surface area contributed by atoms with E-state index >= 15 is 0 Å². The summed E-state index contributed by atoms with van der Waals surface area (Å²) in [6.45, 7) is 0. The van der Waals surface area contributed by atoms with Gasteiger partial charge >= 0.3 is 0 Å². The lowest BCUT2D eigenvalue weighted by Gasteiger charge is -2.12. The zero-order valence-corrected chi connectivity index (χ0v) is 31.4. The number of phenols is 4. The molecule has 0 bridgehead atoms. The Morgan fingerprint density at radius 2 is 0.426 bits per heavy atom. The molecule has 0 fully saturated rings. The highest BCUT2D eigenvalue weighted by Gasteiger charge is 2.24. The lowest BCUT2D eigenvalue weighted by atomic mass is 10.1. The summed E-state index contributed by atoms with van der Waals surface area (Å²) >= 11 is 6.50. The third-order valence-corrected chi connectivity index (χ3v) is 13.4. The third-order valence-electron chi connectivity index (χ3n) is 8.86. The van der Waals surface area contributed by atoms with Crippen molar-refractivity contribution in [3.8, 4) is 107 Å². The van der Waals surface area contributed by atoms with Crippen molar-refractivity contribution in [3.05, 3.63) is 146 Å². The molecule has 9 aromatic rings. The Kier molecular flexibility index (Phi) is 8.80. The molecule has 0 unspecified atom stereocenters. The van der Waals surface area contributed by atoms with Gasteiger partial charge in [0.2, 0.25) is 0 Å². The van der Waals surface area contributed by atoms with Crippen LogP contribution in [-0.4, -0.2) is 30.4 Å². The maximum Gasteiger partial charge on any atom is 0.115 e. The number of nitrogens with zero attached hydrogens (tertiary/aromatic N) is 2. The van der Waals surface area contributed by atoms with Crippen LogP contribution in [0.15, 0.2) is 146 Å². The maximum atomic E-state index is 9.92. The molecule has 0 saturated carbocycles. The second-order valence-corrected chi connectivity index (χ2v) is 16.8. The molecule has 4 N–H and O–H groups in total. The highest BCUT2D eigenvalue weighted by molar-refractivity contribution is 7.20. The largest absolute Gasteiger partial charge is 0.508 e. The van der Waals surface area contributed by atoms with Crippen LogP contribution >= 0.6 is 45.3 Å². The van der Waals surface area contributed by atoms with Gasteiger partial charge in [-0.3, -0.25) is 0 Å². The minimum absolute atomic E-state index is 0.218. The van der Waals surface area contributed by atoms with Crippen LogP contribution in [0, 0.1) is 0 Å². The zero-order chi connectivity index (χ0) is 36.8. The van der Waals surface area contributed by atoms with Gasteiger partial charge in [0.15, 0.2) is 0 Å². The maximum absolute atomic E-state index is 9.92. The molecule has 0 atom stereocenters. The number of hydrogen-bond acceptors (Lipinski definition) is 10. The number of thiophene rings is 4. The Labute approximate surface area is 326 Å². The number of rotatable bonds is 8. The van der Waals surface area contributed by atoms with Gasteiger partial charge in [-0.05, 0) is 168 Å². The van der Waals surface area contributed by atoms with E-state index in [0.717, 1.165) is 84.0 Å². The van der Waals surface area contributed by atoms with E-state index in [1.165, 1.54) is 0 Å². The second-order valence-electron chi connectivity index (χ2n) is 12.5. The first-order valence-corrected chi connectivity index (χ1v) is 20.1. The van der Waals surface area contributed by atoms with E-state index in [0.29, 0.717) is 0 Å². The van der Waals surface area contributed by atoms with Gasteiger partial charge in [-0.25, -0.2) is 9.97 Å². The quantitative estimate of drug-likeness (QED) is 0.122. The van der Waals surface area contributed by atoms with Gasteiger partial charge in [0.05, 0.1) is 19.5 Å². The molecule has 0 amide bonds. The molecule has 0 spiro atoms. The van der Waals surface area contributed by atoms with Crippen molar-refractivity contribution in [2.24, 2.45) is 0 Å². The van der Waals surface area contributed by atoms with Crippen molar-refractivity contribution in [1.82, 2.24) is 9.97 Å². The van der Waals surface area contributed by atoms with E-state index in [4.69, 9.17) is 9.97 Å². The summed E-state index contributed by atoms with van der Waals surface area (Å²) in [5.41, 5.74) is 7.04. The van der Waals surface area contributed by atoms with Crippen molar-refractivity contribution in [3.63, 3.8) is 0 Å². The first kappa shape index (κ1) is 33.8. The first-order chi connectivity index (χ1) is 26.3. The topological polar surface area (TPSA) is 107 Å². The van der Waals surface area contributed by atoms with Crippen LogP contribution in [0.1, 0.15) is 0 Å². The van der Waals surface area contributed by atoms with Crippen LogP contribution in [0.25, 0.3) is 84.0 Å². The number of phenolic OH excluding ortho intramolecular Hbond substituents is 4. The summed E-state index contributed by atoms with van der Waals surface area (Å²) in [6.07, 6.45) is 0. The van der Waals surface area contributed by atoms with Crippen molar-refractivity contribution in [2.45, 2.75) is 0 Å². The average molecular weight is 777 g/mol. The number of benzene rings is 4. The van der Waals surface area contributed by atoms with Crippen LogP contribution in [0.5, 0.6) is 23.0 Å². The Morgan fingerprint density at radius 1 is 0.241 bits per heavy atom. The molecule has 10 heteroatoms. The van der Waals surface area contributed by atoms with Crippen LogP contribution in [-0.2, 0) is 0 Å². The molecule has 0 aliphatic heterocycles. The van der Waals surface area contributed by atoms with Gasteiger partial charge in [-0.2, -0.15) is 0 Å². The average Bonchev–Trinajstić information content (AvgIpc) is 4.03. The molecule has 6 nitrogen and oxygen atoms in total. The fraction of sp³-hybridized carbons (Fsp3) is 0. The Hall–Kier alpha value is -6.04. The van der Waals surface area contributed by atoms with Crippen molar-refractivity contribution >= 4 is 45.3 Å². The van der Waals surface area contributed by atoms with E-state index in [1.807, 2.05) is 48.5 Å². The molecule has 0 aliphatic carbocycles. The van der Waals surface area contributed by atoms with Gasteiger partial charge in [-0.15, -0.1) is 45.3 Å². The minimum Gasteiger partial charge on any atom is -0.508 e. The summed E-state index contributed by atoms with van der Waals surface area (Å²) < 4.78 is 0. The minimum atomic E-state index is 0.218. The van der Waals surface area contributed by atoms with Crippen LogP contribution in [0.2, 0.25) is 0 Å². The number of aromatic nitrogens is 2. The smallest absolute Gasteiger partial charge is 0.115 e. The van der Waals surface area contributed by atoms with E-state index in [1.54, 1.807) is 93.9 Å². The standard InChI is InChI=1S/C44H28N2O4S4/c47-29-9-1-25(2-10-29)33-17-21-37(51-33)41-42(38-22-18-34(52-38)26-3-11-30(48)12-4-26)46-44(40-24-20-36(54-40)28-7-15-32(50)16-8-28)43(45-41)39-23-19-35(53-39)27-5-13-31(49)14-6-27/h1-24,47-50H. The van der Waals surface area contributed by atoms with Gasteiger partial charge in [0, 0.05) is 19.5 Å². The third kappa shape index (κ3) is 6.68. The lowest BCUT2D eigenvalue weighted by Crippen LogP contribution is -1.97. The number of hydrogen-bond donors (Lipinski definition) is 4. The number of aromatic hydroxyl groups is 4. The highest BCUT2D eigenvalue weighted by atomic mass is 32.1. The fourth-order valence-electron chi connectivity index (χ4n) is 6.11. The predicted octanol–water partition coefficient (Wildman–Crippen LogP) is 12.9. The molecule has 262 valence electrons. The molecule has 4 aromatic carbocycles. The Morgan fingerprint density at radius 3 is 0.630 bits per heavy atom. The summed E-state index contributed by atoms with van der Waals surface area (Å²) in [4.78, 5) is 19.0. The van der Waals surface area contributed by atoms with Crippen LogP contribution in [0.3, 0.4) is 0 Å². The van der Waals surface area contributed by atoms with Gasteiger partial charge in [0.1, 0.15) is 45.8 Å². The van der Waals surface area contributed by atoms with Crippen molar-refractivity contribution in [1.29, 1.82) is 0 Å². The fourth-order valence-corrected chi connectivity index (χ4v) is 10.1. The molecule has 5 heterocycles. The molecule has 0 radical (unpaired) electrons. The summed E-state index contributed by atoms with van der Waals surface area (Å²) in [5, 5.41) is 39.7. The molecule has 0 saturated heterocycles. The molecular formula is C44H28N2O4S4. The molecule has 54 heavy (non-hydrogen) atoms. The second kappa shape index (κ2) is 14.1. The predicted molar refractivity (Wildman–Crippen MR) is 224 cm³/mol. The van der Waals surface area contributed by atoms with E-state index in [9.17, 15) is 20.4 Å². The summed E-state index contributed by atoms with van der Waals surface area (Å²) in [6, 6.07) is 45.5. The normalized spacial score (nSPS) is 11.3. The first-order valence-electron chi connectivity index (χ1n) is 16.9. The Bertz CT molecular complexity index is 2370. The lowest BCUT2D eigenvalue weighted by molar-refractivity contribution is 0.475. The van der Waals surface area contributed by atoms with E-state index in [2.05, 4.69) is 48.5 Å². The van der Waals surface area contributed by atoms with E-state index < -0.39 is 0 Å². The Balaban J connectivity index is 1.25. The monoisotopic (exact) mass is 776 g/mol. The summed E-state index contributed by atoms with van der Waals surface area (Å²) in [7, 11) is 0. The SMILES string of the molecule is Oc1ccc(-c2ccc(-c3nc(-c4ccc(-c5ccc(O)cc5)s4)c(-c4ccc(-c5ccc(O)cc5)s4)nc3-c3ccc(-c4ccc(O)cc4)s3)s2)cc1. The van der Waals surface area contributed by atoms with E-state index in [-0.39, 0.29) is 23.0 Å². The molecular weight excluding hydrogens is 749 g/mol. The van der Waals surface area contributed by atoms with Gasteiger partial charge in [0.25, 0.3) is 0 Å².